The molecule has 0 bridgehead atoms. The normalized spacial score (nSPS) is 17.6. The van der Waals surface area contributed by atoms with Crippen LogP contribution in [-0.4, -0.2) is 66.5 Å². The Labute approximate surface area is 205 Å². The van der Waals surface area contributed by atoms with Crippen LogP contribution in [0.25, 0.3) is 5.76 Å². The zero-order valence-electron chi connectivity index (χ0n) is 20.2. The molecule has 2 aromatic rings. The number of Topliss-reactive ketones (excluding diaryl/α,β-unsaturated/α-hetero) is 1. The molecule has 1 fully saturated rings. The predicted molar refractivity (Wildman–Crippen MR) is 132 cm³/mol. The van der Waals surface area contributed by atoms with Gasteiger partial charge in [0.2, 0.25) is 0 Å². The van der Waals surface area contributed by atoms with Gasteiger partial charge in [-0.05, 0) is 70.8 Å². The van der Waals surface area contributed by atoms with Gasteiger partial charge in [-0.2, -0.15) is 0 Å². The van der Waals surface area contributed by atoms with E-state index in [1.165, 1.54) is 4.90 Å². The number of hydrogen-bond acceptors (Lipinski definition) is 6. The van der Waals surface area contributed by atoms with Gasteiger partial charge in [-0.15, -0.1) is 0 Å². The summed E-state index contributed by atoms with van der Waals surface area (Å²) < 4.78 is 11.4. The van der Waals surface area contributed by atoms with E-state index in [1.807, 2.05) is 58.0 Å². The van der Waals surface area contributed by atoms with E-state index in [1.54, 1.807) is 24.3 Å². The number of likely N-dealkylation sites (N-methyl/N-ethyl adjacent to an activating group) is 1. The maximum atomic E-state index is 13.2. The highest BCUT2D eigenvalue weighted by atomic mass is 35.5. The number of benzene rings is 2. The molecule has 1 aliphatic heterocycles. The van der Waals surface area contributed by atoms with Gasteiger partial charge < -0.3 is 24.4 Å². The number of nitrogens with zero attached hydrogens (tertiary/aromatic N) is 2. The van der Waals surface area contributed by atoms with Crippen molar-refractivity contribution in [3.8, 4) is 11.5 Å². The van der Waals surface area contributed by atoms with E-state index >= 15 is 0 Å². The molecule has 0 aromatic heterocycles. The maximum absolute atomic E-state index is 13.2. The summed E-state index contributed by atoms with van der Waals surface area (Å²) in [6, 6.07) is 11.3. The molecule has 0 saturated carbocycles. The number of carbonyl (C=O) groups is 2. The Morgan fingerprint density at radius 3 is 2.53 bits per heavy atom. The van der Waals surface area contributed by atoms with Gasteiger partial charge in [0, 0.05) is 18.7 Å². The summed E-state index contributed by atoms with van der Waals surface area (Å²) in [4.78, 5) is 29.7. The van der Waals surface area contributed by atoms with Crippen molar-refractivity contribution < 1.29 is 24.2 Å². The molecule has 3 rings (SSSR count). The molecule has 1 amide bonds. The van der Waals surface area contributed by atoms with Gasteiger partial charge in [0.25, 0.3) is 11.7 Å². The third-order valence-corrected chi connectivity index (χ3v) is 5.71. The lowest BCUT2D eigenvalue weighted by molar-refractivity contribution is -0.140. The van der Waals surface area contributed by atoms with Gasteiger partial charge in [-0.3, -0.25) is 9.59 Å². The third-order valence-electron chi connectivity index (χ3n) is 5.38. The quantitative estimate of drug-likeness (QED) is 0.319. The fourth-order valence-electron chi connectivity index (χ4n) is 3.88. The standard InChI is InChI=1S/C26H31ClN2O5/c1-6-33-18-10-11-21(27)20(15-18)24(30)22-23(17-8-7-9-19(14-17)34-16(2)3)29(13-12-28(4)5)26(32)25(22)31/h7-11,14-16,23,30H,6,12-13H2,1-5H3/b24-22+. The summed E-state index contributed by atoms with van der Waals surface area (Å²) in [7, 11) is 3.78. The van der Waals surface area contributed by atoms with E-state index in [0.717, 1.165) is 0 Å². The monoisotopic (exact) mass is 486 g/mol. The molecule has 1 atom stereocenters. The molecular weight excluding hydrogens is 456 g/mol. The minimum absolute atomic E-state index is 0.0130. The Balaban J connectivity index is 2.18. The number of aliphatic hydroxyl groups excluding tert-OH is 1. The smallest absolute Gasteiger partial charge is 0.295 e. The molecule has 2 aromatic carbocycles. The highest BCUT2D eigenvalue weighted by Gasteiger charge is 2.46. The Kier molecular flexibility index (Phi) is 8.23. The van der Waals surface area contributed by atoms with Crippen molar-refractivity contribution in [2.24, 2.45) is 0 Å². The van der Waals surface area contributed by atoms with Crippen LogP contribution in [0.3, 0.4) is 0 Å². The molecule has 1 aliphatic rings. The van der Waals surface area contributed by atoms with E-state index in [4.69, 9.17) is 21.1 Å². The lowest BCUT2D eigenvalue weighted by Crippen LogP contribution is -2.35. The Morgan fingerprint density at radius 2 is 1.88 bits per heavy atom. The van der Waals surface area contributed by atoms with E-state index in [0.29, 0.717) is 36.8 Å². The Bertz CT molecular complexity index is 1100. The van der Waals surface area contributed by atoms with Crippen molar-refractivity contribution in [2.75, 3.05) is 33.8 Å². The van der Waals surface area contributed by atoms with Crippen LogP contribution in [0.15, 0.2) is 48.0 Å². The second kappa shape index (κ2) is 10.9. The lowest BCUT2D eigenvalue weighted by atomic mass is 9.95. The zero-order valence-corrected chi connectivity index (χ0v) is 20.9. The highest BCUT2D eigenvalue weighted by molar-refractivity contribution is 6.47. The fraction of sp³-hybridized carbons (Fsp3) is 0.385. The third kappa shape index (κ3) is 5.54. The second-order valence-electron chi connectivity index (χ2n) is 8.61. The summed E-state index contributed by atoms with van der Waals surface area (Å²) in [5.41, 5.74) is 0.883. The number of ether oxygens (including phenoxy) is 2. The van der Waals surface area contributed by atoms with E-state index in [-0.39, 0.29) is 28.0 Å². The number of likely N-dealkylation sites (tertiary alicyclic amines) is 1. The summed E-state index contributed by atoms with van der Waals surface area (Å²) in [5, 5.41) is 11.6. The van der Waals surface area contributed by atoms with E-state index in [9.17, 15) is 14.7 Å². The number of halogens is 1. The van der Waals surface area contributed by atoms with Crippen LogP contribution in [0.4, 0.5) is 0 Å². The summed E-state index contributed by atoms with van der Waals surface area (Å²) in [5.74, 6) is -0.645. The maximum Gasteiger partial charge on any atom is 0.295 e. The molecule has 0 spiro atoms. The van der Waals surface area contributed by atoms with Gasteiger partial charge in [0.05, 0.1) is 29.3 Å². The average molecular weight is 487 g/mol. The SMILES string of the molecule is CCOc1ccc(Cl)c(/C(O)=C2\C(=O)C(=O)N(CCN(C)C)C2c2cccc(OC(C)C)c2)c1. The van der Waals surface area contributed by atoms with Gasteiger partial charge in [-0.1, -0.05) is 23.7 Å². The van der Waals surface area contributed by atoms with Crippen molar-refractivity contribution in [1.29, 1.82) is 0 Å². The summed E-state index contributed by atoms with van der Waals surface area (Å²) in [6.07, 6.45) is -0.0459. The number of rotatable bonds is 9. The largest absolute Gasteiger partial charge is 0.507 e. The van der Waals surface area contributed by atoms with Crippen LogP contribution in [0, 0.1) is 0 Å². The van der Waals surface area contributed by atoms with Gasteiger partial charge in [-0.25, -0.2) is 0 Å². The van der Waals surface area contributed by atoms with Crippen LogP contribution in [0.2, 0.25) is 5.02 Å². The molecule has 0 radical (unpaired) electrons. The Morgan fingerprint density at radius 1 is 1.15 bits per heavy atom. The molecule has 1 saturated heterocycles. The van der Waals surface area contributed by atoms with Crippen LogP contribution in [-0.2, 0) is 9.59 Å². The first-order valence-electron chi connectivity index (χ1n) is 11.3. The van der Waals surface area contributed by atoms with Crippen LogP contribution in [0.1, 0.15) is 37.9 Å². The minimum Gasteiger partial charge on any atom is -0.507 e. The average Bonchev–Trinajstić information content (AvgIpc) is 3.03. The van der Waals surface area contributed by atoms with Crippen LogP contribution < -0.4 is 9.47 Å². The summed E-state index contributed by atoms with van der Waals surface area (Å²) >= 11 is 6.38. The number of aliphatic hydroxyl groups is 1. The molecule has 182 valence electrons. The topological polar surface area (TPSA) is 79.3 Å². The first kappa shape index (κ1) is 25.6. The number of amides is 1. The Hall–Kier alpha value is -3.03. The van der Waals surface area contributed by atoms with E-state index in [2.05, 4.69) is 0 Å². The predicted octanol–water partition coefficient (Wildman–Crippen LogP) is 4.51. The lowest BCUT2D eigenvalue weighted by Gasteiger charge is -2.27. The van der Waals surface area contributed by atoms with Gasteiger partial charge >= 0.3 is 0 Å². The first-order valence-corrected chi connectivity index (χ1v) is 11.6. The molecule has 34 heavy (non-hydrogen) atoms. The van der Waals surface area contributed by atoms with Gasteiger partial charge in [0.15, 0.2) is 0 Å². The minimum atomic E-state index is -0.789. The number of carbonyl (C=O) groups excluding carboxylic acids is 2. The number of hydrogen-bond donors (Lipinski definition) is 1. The highest BCUT2D eigenvalue weighted by Crippen LogP contribution is 2.41. The zero-order chi connectivity index (χ0) is 25.0. The van der Waals surface area contributed by atoms with Crippen molar-refractivity contribution in [3.63, 3.8) is 0 Å². The molecule has 8 heteroatoms. The number of ketones is 1. The first-order chi connectivity index (χ1) is 16.1. The fourth-order valence-corrected chi connectivity index (χ4v) is 4.09. The molecule has 1 heterocycles. The van der Waals surface area contributed by atoms with Crippen molar-refractivity contribution >= 4 is 29.1 Å². The molecular formula is C26H31ClN2O5. The van der Waals surface area contributed by atoms with Gasteiger partial charge in [0.1, 0.15) is 17.3 Å². The molecule has 0 aliphatic carbocycles. The molecule has 7 nitrogen and oxygen atoms in total. The summed E-state index contributed by atoms with van der Waals surface area (Å²) in [6.45, 7) is 6.97. The van der Waals surface area contributed by atoms with E-state index < -0.39 is 17.7 Å². The second-order valence-corrected chi connectivity index (χ2v) is 9.02. The molecule has 1 N–H and O–H groups in total. The van der Waals surface area contributed by atoms with Crippen molar-refractivity contribution in [3.05, 3.63) is 64.2 Å². The molecule has 1 unspecified atom stereocenters. The van der Waals surface area contributed by atoms with Crippen molar-refractivity contribution in [2.45, 2.75) is 32.9 Å². The van der Waals surface area contributed by atoms with Crippen LogP contribution >= 0.6 is 11.6 Å². The van der Waals surface area contributed by atoms with Crippen molar-refractivity contribution in [1.82, 2.24) is 9.80 Å². The van der Waals surface area contributed by atoms with Crippen LogP contribution in [0.5, 0.6) is 11.5 Å².